The summed E-state index contributed by atoms with van der Waals surface area (Å²) in [6.07, 6.45) is -2.41. The average Bonchev–Trinajstić information content (AvgIpc) is 3.68. The molecule has 3 atom stereocenters. The lowest BCUT2D eigenvalue weighted by atomic mass is 9.81. The Bertz CT molecular complexity index is 1420. The number of ether oxygens (including phenoxy) is 1. The predicted octanol–water partition coefficient (Wildman–Crippen LogP) is 5.56. The van der Waals surface area contributed by atoms with Crippen molar-refractivity contribution in [2.75, 3.05) is 20.2 Å². The molecule has 3 heterocycles. The number of alkyl halides is 3. The van der Waals surface area contributed by atoms with E-state index in [2.05, 4.69) is 80.8 Å². The summed E-state index contributed by atoms with van der Waals surface area (Å²) in [5, 5.41) is 10.1. The topological polar surface area (TPSA) is 59.3 Å². The molecule has 0 saturated carbocycles. The second-order valence-electron chi connectivity index (χ2n) is 10.9. The fourth-order valence-corrected chi connectivity index (χ4v) is 6.74. The van der Waals surface area contributed by atoms with Crippen LogP contribution in [0, 0.1) is 0 Å². The van der Waals surface area contributed by atoms with Gasteiger partial charge in [0.05, 0.1) is 12.8 Å². The van der Waals surface area contributed by atoms with Gasteiger partial charge in [-0.1, -0.05) is 60.7 Å². The summed E-state index contributed by atoms with van der Waals surface area (Å²) in [6.45, 7) is 4.65. The van der Waals surface area contributed by atoms with Crippen LogP contribution in [-0.2, 0) is 12.7 Å². The zero-order chi connectivity index (χ0) is 28.6. The monoisotopic (exact) mass is 562 g/mol. The van der Waals surface area contributed by atoms with Crippen molar-refractivity contribution >= 4 is 0 Å². The van der Waals surface area contributed by atoms with Gasteiger partial charge in [-0.3, -0.25) is 9.80 Å². The van der Waals surface area contributed by atoms with Crippen LogP contribution >= 0.6 is 0 Å². The minimum atomic E-state index is -4.67. The molecule has 3 aromatic carbocycles. The number of rotatable bonds is 7. The van der Waals surface area contributed by atoms with E-state index in [1.807, 2.05) is 12.1 Å². The van der Waals surface area contributed by atoms with E-state index in [1.165, 1.54) is 11.1 Å². The molecule has 2 aliphatic rings. The predicted molar refractivity (Wildman–Crippen MR) is 149 cm³/mol. The molecule has 214 valence electrons. The van der Waals surface area contributed by atoms with Gasteiger partial charge in [-0.25, -0.2) is 0 Å². The van der Waals surface area contributed by atoms with Crippen molar-refractivity contribution in [2.45, 2.75) is 56.5 Å². The van der Waals surface area contributed by atoms with Gasteiger partial charge in [0, 0.05) is 42.7 Å². The van der Waals surface area contributed by atoms with E-state index in [0.29, 0.717) is 18.3 Å². The third kappa shape index (κ3) is 5.34. The number of fused-ring (bicyclic) bond motifs is 1. The zero-order valence-corrected chi connectivity index (χ0v) is 23.1. The molecule has 4 aromatic rings. The van der Waals surface area contributed by atoms with Crippen molar-refractivity contribution in [3.05, 3.63) is 101 Å². The zero-order valence-electron chi connectivity index (χ0n) is 23.1. The third-order valence-corrected chi connectivity index (χ3v) is 8.63. The summed E-state index contributed by atoms with van der Waals surface area (Å²) >= 11 is 0. The molecule has 0 aliphatic carbocycles. The second-order valence-corrected chi connectivity index (χ2v) is 10.9. The Labute approximate surface area is 237 Å². The van der Waals surface area contributed by atoms with Crippen LogP contribution in [0.5, 0.6) is 5.75 Å². The molecule has 0 unspecified atom stereocenters. The highest BCUT2D eigenvalue weighted by atomic mass is 19.4. The molecule has 0 spiro atoms. The molecule has 10 heteroatoms. The fraction of sp³-hybridized carbons (Fsp3) is 0.387. The Morgan fingerprint density at radius 2 is 1.66 bits per heavy atom. The summed E-state index contributed by atoms with van der Waals surface area (Å²) in [4.78, 5) is 5.15. The minimum Gasteiger partial charge on any atom is -0.496 e. The minimum absolute atomic E-state index is 0.178. The van der Waals surface area contributed by atoms with E-state index >= 15 is 0 Å². The average molecular weight is 563 g/mol. The standard InChI is InChI=1S/C31H33F3N6O/c1-21-26-14-9-17-39(26)27(29(22-10-5-3-6-11-22)23-12-7-4-8-13-23)20-38(21)19-24-18-25(15-16-28(24)41-2)40-30(31(32,33)34)35-36-37-40/h3-8,10-13,15-16,18,21,26-27,29H,9,14,17,19-20H2,1-2H3/t21-,26-,27-/m0/s1. The van der Waals surface area contributed by atoms with Crippen LogP contribution in [0.15, 0.2) is 78.9 Å². The van der Waals surface area contributed by atoms with Gasteiger partial charge in [-0.15, -0.1) is 5.10 Å². The fourth-order valence-electron chi connectivity index (χ4n) is 6.74. The summed E-state index contributed by atoms with van der Waals surface area (Å²) in [5.41, 5.74) is 3.60. The maximum Gasteiger partial charge on any atom is 0.453 e. The number of aromatic nitrogens is 4. The largest absolute Gasteiger partial charge is 0.496 e. The quantitative estimate of drug-likeness (QED) is 0.294. The molecular formula is C31H33F3N6O. The van der Waals surface area contributed by atoms with Gasteiger partial charge < -0.3 is 4.74 Å². The lowest BCUT2D eigenvalue weighted by molar-refractivity contribution is -0.146. The van der Waals surface area contributed by atoms with Gasteiger partial charge in [0.1, 0.15) is 5.75 Å². The Morgan fingerprint density at radius 3 is 2.29 bits per heavy atom. The SMILES string of the molecule is COc1ccc(-n2nnnc2C(F)(F)F)cc1CN1C[C@@H](C(c2ccccc2)c2ccccc2)N2CCC[C@H]2[C@@H]1C. The first-order valence-electron chi connectivity index (χ1n) is 14.0. The van der Waals surface area contributed by atoms with Crippen LogP contribution in [0.1, 0.15) is 48.2 Å². The first-order chi connectivity index (χ1) is 19.8. The van der Waals surface area contributed by atoms with Gasteiger partial charge >= 0.3 is 6.18 Å². The molecule has 7 nitrogen and oxygen atoms in total. The smallest absolute Gasteiger partial charge is 0.453 e. The summed E-state index contributed by atoms with van der Waals surface area (Å²) in [6, 6.07) is 27.2. The molecule has 1 aromatic heterocycles. The third-order valence-electron chi connectivity index (χ3n) is 8.63. The first kappa shape index (κ1) is 27.4. The highest BCUT2D eigenvalue weighted by Gasteiger charge is 2.45. The molecule has 2 saturated heterocycles. The Morgan fingerprint density at radius 1 is 0.976 bits per heavy atom. The van der Waals surface area contributed by atoms with Crippen LogP contribution in [0.25, 0.3) is 5.69 Å². The van der Waals surface area contributed by atoms with Gasteiger partial charge in [-0.2, -0.15) is 17.9 Å². The van der Waals surface area contributed by atoms with E-state index < -0.39 is 12.0 Å². The molecule has 2 aliphatic heterocycles. The van der Waals surface area contributed by atoms with E-state index in [1.54, 1.807) is 25.3 Å². The van der Waals surface area contributed by atoms with Crippen molar-refractivity contribution < 1.29 is 17.9 Å². The lowest BCUT2D eigenvalue weighted by Gasteiger charge is -2.51. The van der Waals surface area contributed by atoms with Gasteiger partial charge in [-0.05, 0) is 66.1 Å². The first-order valence-corrected chi connectivity index (χ1v) is 14.0. The maximum absolute atomic E-state index is 13.6. The van der Waals surface area contributed by atoms with E-state index in [4.69, 9.17) is 4.74 Å². The van der Waals surface area contributed by atoms with Crippen LogP contribution in [0.3, 0.4) is 0 Å². The second kappa shape index (κ2) is 11.3. The van der Waals surface area contributed by atoms with Crippen molar-refractivity contribution in [3.8, 4) is 11.4 Å². The van der Waals surface area contributed by atoms with Crippen molar-refractivity contribution in [1.29, 1.82) is 0 Å². The number of tetrazole rings is 1. The molecule has 0 radical (unpaired) electrons. The number of hydrogen-bond donors (Lipinski definition) is 0. The van der Waals surface area contributed by atoms with E-state index in [9.17, 15) is 13.2 Å². The number of halogens is 3. The Balaban J connectivity index is 1.37. The highest BCUT2D eigenvalue weighted by Crippen LogP contribution is 2.40. The number of methoxy groups -OCH3 is 1. The van der Waals surface area contributed by atoms with Gasteiger partial charge in [0.25, 0.3) is 5.82 Å². The van der Waals surface area contributed by atoms with Crippen LogP contribution in [0.4, 0.5) is 13.2 Å². The number of hydrogen-bond acceptors (Lipinski definition) is 6. The van der Waals surface area contributed by atoms with Crippen LogP contribution in [0.2, 0.25) is 0 Å². The Hall–Kier alpha value is -3.76. The summed E-state index contributed by atoms with van der Waals surface area (Å²) < 4.78 is 47.1. The summed E-state index contributed by atoms with van der Waals surface area (Å²) in [7, 11) is 1.58. The molecule has 2 fully saturated rings. The molecule has 0 amide bonds. The van der Waals surface area contributed by atoms with Crippen LogP contribution in [-0.4, -0.2) is 68.3 Å². The molecule has 6 rings (SSSR count). The number of nitrogens with zero attached hydrogens (tertiary/aromatic N) is 6. The number of benzene rings is 3. The van der Waals surface area contributed by atoms with Crippen molar-refractivity contribution in [3.63, 3.8) is 0 Å². The highest BCUT2D eigenvalue weighted by molar-refractivity contribution is 5.44. The Kier molecular flexibility index (Phi) is 7.52. The number of piperazine rings is 1. The molecule has 41 heavy (non-hydrogen) atoms. The summed E-state index contributed by atoms with van der Waals surface area (Å²) in [5.74, 6) is -0.359. The van der Waals surface area contributed by atoms with Crippen LogP contribution < -0.4 is 4.74 Å². The molecule has 0 N–H and O–H groups in total. The lowest BCUT2D eigenvalue weighted by Crippen LogP contribution is -2.62. The van der Waals surface area contributed by atoms with E-state index in [-0.39, 0.29) is 23.7 Å². The maximum atomic E-state index is 13.6. The van der Waals surface area contributed by atoms with Crippen molar-refractivity contribution in [1.82, 2.24) is 30.0 Å². The molecular weight excluding hydrogens is 529 g/mol. The van der Waals surface area contributed by atoms with Gasteiger partial charge in [0.15, 0.2) is 0 Å². The molecule has 0 bridgehead atoms. The van der Waals surface area contributed by atoms with Crippen molar-refractivity contribution in [2.24, 2.45) is 0 Å². The van der Waals surface area contributed by atoms with Gasteiger partial charge in [0.2, 0.25) is 0 Å². The normalized spacial score (nSPS) is 21.8. The van der Waals surface area contributed by atoms with E-state index in [0.717, 1.165) is 36.2 Å².